The summed E-state index contributed by atoms with van der Waals surface area (Å²) in [5.41, 5.74) is 5.11. The molecule has 0 saturated heterocycles. The van der Waals surface area contributed by atoms with Crippen LogP contribution in [-0.2, 0) is 0 Å². The average Bonchev–Trinajstić information content (AvgIpc) is 2.62. The molecule has 0 atom stereocenters. The van der Waals surface area contributed by atoms with E-state index >= 15 is 0 Å². The fourth-order valence-corrected chi connectivity index (χ4v) is 3.17. The minimum absolute atomic E-state index is 1.09. The summed E-state index contributed by atoms with van der Waals surface area (Å²) in [5.74, 6) is 0. The van der Waals surface area contributed by atoms with Crippen molar-refractivity contribution in [2.45, 2.75) is 19.3 Å². The van der Waals surface area contributed by atoms with Crippen molar-refractivity contribution in [3.05, 3.63) is 59.5 Å². The topological polar surface area (TPSA) is 13.0 Å². The van der Waals surface area contributed by atoms with Crippen LogP contribution in [0.2, 0.25) is 0 Å². The van der Waals surface area contributed by atoms with E-state index in [1.165, 1.54) is 42.1 Å². The summed E-state index contributed by atoms with van der Waals surface area (Å²) in [6, 6.07) is 0. The molecule has 3 rings (SSSR count). The molecule has 3 heterocycles. The second-order valence-corrected chi connectivity index (χ2v) is 6.78. The summed E-state index contributed by atoms with van der Waals surface area (Å²) in [5, 5.41) is 0. The summed E-state index contributed by atoms with van der Waals surface area (Å²) in [6.45, 7) is 2.18. The van der Waals surface area contributed by atoms with Gasteiger partial charge in [0.05, 0.1) is 11.4 Å². The first-order valence-corrected chi connectivity index (χ1v) is 8.48. The summed E-state index contributed by atoms with van der Waals surface area (Å²) in [4.78, 5) is 9.16. The van der Waals surface area contributed by atoms with E-state index in [1.807, 2.05) is 0 Å². The van der Waals surface area contributed by atoms with Gasteiger partial charge in [0, 0.05) is 65.1 Å². The van der Waals surface area contributed by atoms with Crippen LogP contribution in [0.5, 0.6) is 0 Å². The van der Waals surface area contributed by atoms with Gasteiger partial charge in [-0.3, -0.25) is 0 Å². The molecule has 23 heavy (non-hydrogen) atoms. The van der Waals surface area contributed by atoms with Crippen molar-refractivity contribution in [1.82, 2.24) is 19.6 Å². The van der Waals surface area contributed by atoms with E-state index in [-0.39, 0.29) is 0 Å². The lowest BCUT2D eigenvalue weighted by Crippen LogP contribution is -2.28. The molecule has 0 N–H and O–H groups in total. The van der Waals surface area contributed by atoms with E-state index in [2.05, 4.69) is 84.5 Å². The standard InChI is InChI=1S/C19H28N4/c1-20(2)16-8-12-22-10-6-5-7-11-23-13-9-17(21(3)4)15-19(23)18(22)14-16/h8-9,12-15H,5-7,10-11H2,1-4H3/b19-18-. The Morgan fingerprint density at radius 1 is 0.696 bits per heavy atom. The first-order chi connectivity index (χ1) is 11.1. The lowest BCUT2D eigenvalue weighted by molar-refractivity contribution is 0.425. The van der Waals surface area contributed by atoms with Gasteiger partial charge in [0.2, 0.25) is 0 Å². The monoisotopic (exact) mass is 312 g/mol. The van der Waals surface area contributed by atoms with Gasteiger partial charge in [-0.1, -0.05) is 0 Å². The number of nitrogens with zero attached hydrogens (tertiary/aromatic N) is 4. The lowest BCUT2D eigenvalue weighted by atomic mass is 10.1. The van der Waals surface area contributed by atoms with Gasteiger partial charge in [-0.25, -0.2) is 0 Å². The van der Waals surface area contributed by atoms with Crippen molar-refractivity contribution in [3.8, 4) is 0 Å². The van der Waals surface area contributed by atoms with Crippen molar-refractivity contribution >= 4 is 0 Å². The quantitative estimate of drug-likeness (QED) is 0.777. The summed E-state index contributed by atoms with van der Waals surface area (Å²) < 4.78 is 0. The zero-order valence-electron chi connectivity index (χ0n) is 14.8. The van der Waals surface area contributed by atoms with Gasteiger partial charge < -0.3 is 19.6 Å². The number of allylic oxidation sites excluding steroid dienone is 4. The minimum atomic E-state index is 1.09. The molecule has 124 valence electrons. The summed E-state index contributed by atoms with van der Waals surface area (Å²) in [6.07, 6.45) is 17.3. The third-order valence-electron chi connectivity index (χ3n) is 4.63. The molecular formula is C19H28N4. The highest BCUT2D eigenvalue weighted by Gasteiger charge is 2.22. The van der Waals surface area contributed by atoms with Crippen LogP contribution in [0.25, 0.3) is 0 Å². The maximum atomic E-state index is 2.41. The van der Waals surface area contributed by atoms with Crippen LogP contribution in [0.4, 0.5) is 0 Å². The molecule has 0 fully saturated rings. The van der Waals surface area contributed by atoms with Crippen molar-refractivity contribution in [3.63, 3.8) is 0 Å². The van der Waals surface area contributed by atoms with E-state index in [1.54, 1.807) is 0 Å². The molecule has 4 heteroatoms. The lowest BCUT2D eigenvalue weighted by Gasteiger charge is -2.33. The fraction of sp³-hybridized carbons (Fsp3) is 0.474. The molecule has 0 unspecified atom stereocenters. The van der Waals surface area contributed by atoms with Crippen LogP contribution in [0, 0.1) is 0 Å². The van der Waals surface area contributed by atoms with Crippen LogP contribution >= 0.6 is 0 Å². The molecular weight excluding hydrogens is 284 g/mol. The predicted molar refractivity (Wildman–Crippen MR) is 96.1 cm³/mol. The molecule has 3 aliphatic heterocycles. The average molecular weight is 312 g/mol. The zero-order chi connectivity index (χ0) is 16.4. The Morgan fingerprint density at radius 3 is 1.52 bits per heavy atom. The molecule has 0 radical (unpaired) electrons. The highest BCUT2D eigenvalue weighted by Crippen LogP contribution is 2.29. The molecule has 0 bridgehead atoms. The molecule has 0 saturated carbocycles. The maximum absolute atomic E-state index is 2.41. The van der Waals surface area contributed by atoms with Crippen LogP contribution in [0.3, 0.4) is 0 Å². The SMILES string of the molecule is CN(C)C1=C/C2=C3\C=C(N(C)C)C=CN3CCCCCN2C=C1. The molecule has 0 amide bonds. The Balaban J connectivity index is 2.09. The highest BCUT2D eigenvalue weighted by atomic mass is 15.2. The van der Waals surface area contributed by atoms with Crippen molar-refractivity contribution in [2.75, 3.05) is 41.3 Å². The Bertz CT molecular complexity index is 553. The second kappa shape index (κ2) is 6.57. The molecule has 4 nitrogen and oxygen atoms in total. The number of hydrogen-bond donors (Lipinski definition) is 0. The number of fused-ring (bicyclic) bond motifs is 2. The Labute approximate surface area is 140 Å². The third kappa shape index (κ3) is 3.31. The second-order valence-electron chi connectivity index (χ2n) is 6.78. The van der Waals surface area contributed by atoms with Gasteiger partial charge in [-0.15, -0.1) is 0 Å². The van der Waals surface area contributed by atoms with Crippen molar-refractivity contribution in [2.24, 2.45) is 0 Å². The molecule has 0 spiro atoms. The van der Waals surface area contributed by atoms with Gasteiger partial charge >= 0.3 is 0 Å². The van der Waals surface area contributed by atoms with Crippen LogP contribution in [0.1, 0.15) is 19.3 Å². The largest absolute Gasteiger partial charge is 0.378 e. The van der Waals surface area contributed by atoms with E-state index in [9.17, 15) is 0 Å². The molecule has 0 aromatic carbocycles. The Morgan fingerprint density at radius 2 is 1.13 bits per heavy atom. The minimum Gasteiger partial charge on any atom is -0.378 e. The number of rotatable bonds is 2. The molecule has 0 aromatic rings. The maximum Gasteiger partial charge on any atom is 0.0668 e. The van der Waals surface area contributed by atoms with Gasteiger partial charge in [0.15, 0.2) is 0 Å². The predicted octanol–water partition coefficient (Wildman–Crippen LogP) is 2.93. The fourth-order valence-electron chi connectivity index (χ4n) is 3.17. The first kappa shape index (κ1) is 15.8. The third-order valence-corrected chi connectivity index (χ3v) is 4.63. The normalized spacial score (nSPS) is 24.0. The van der Waals surface area contributed by atoms with Gasteiger partial charge in [0.25, 0.3) is 0 Å². The Hall–Kier alpha value is -2.10. The van der Waals surface area contributed by atoms with E-state index in [0.717, 1.165) is 13.1 Å². The smallest absolute Gasteiger partial charge is 0.0668 e. The molecule has 0 aliphatic carbocycles. The van der Waals surface area contributed by atoms with E-state index in [4.69, 9.17) is 0 Å². The number of likely N-dealkylation sites (N-methyl/N-ethyl adjacent to an activating group) is 2. The van der Waals surface area contributed by atoms with Crippen molar-refractivity contribution in [1.29, 1.82) is 0 Å². The van der Waals surface area contributed by atoms with Crippen LogP contribution < -0.4 is 0 Å². The number of hydrogen-bond acceptors (Lipinski definition) is 4. The summed E-state index contributed by atoms with van der Waals surface area (Å²) >= 11 is 0. The van der Waals surface area contributed by atoms with Crippen LogP contribution in [0.15, 0.2) is 59.5 Å². The van der Waals surface area contributed by atoms with Gasteiger partial charge in [-0.2, -0.15) is 0 Å². The molecule has 3 aliphatic rings. The zero-order valence-corrected chi connectivity index (χ0v) is 14.8. The van der Waals surface area contributed by atoms with Gasteiger partial charge in [-0.05, 0) is 43.6 Å². The summed E-state index contributed by atoms with van der Waals surface area (Å²) in [7, 11) is 8.41. The van der Waals surface area contributed by atoms with E-state index in [0.29, 0.717) is 0 Å². The van der Waals surface area contributed by atoms with E-state index < -0.39 is 0 Å². The Kier molecular flexibility index (Phi) is 4.51. The van der Waals surface area contributed by atoms with Crippen LogP contribution in [-0.4, -0.2) is 60.9 Å². The van der Waals surface area contributed by atoms with Crippen molar-refractivity contribution < 1.29 is 0 Å². The van der Waals surface area contributed by atoms with Gasteiger partial charge in [0.1, 0.15) is 0 Å². The molecule has 0 aromatic heterocycles. The first-order valence-electron chi connectivity index (χ1n) is 8.48. The highest BCUT2D eigenvalue weighted by molar-refractivity contribution is 5.45.